The van der Waals surface area contributed by atoms with Gasteiger partial charge < -0.3 is 11.5 Å². The molecule has 0 saturated carbocycles. The van der Waals surface area contributed by atoms with Gasteiger partial charge in [0, 0.05) is 22.0 Å². The van der Waals surface area contributed by atoms with Gasteiger partial charge in [0.25, 0.3) is 0 Å². The second-order valence-electron chi connectivity index (χ2n) is 3.56. The second-order valence-corrected chi connectivity index (χ2v) is 5.58. The molecule has 0 aliphatic carbocycles. The number of anilines is 2. The number of benzene rings is 1. The fraction of sp³-hybridized carbons (Fsp3) is 0.167. The Morgan fingerprint density at radius 1 is 1.29 bits per heavy atom. The summed E-state index contributed by atoms with van der Waals surface area (Å²) in [6.07, 6.45) is 3.53. The van der Waals surface area contributed by atoms with E-state index in [-0.39, 0.29) is 4.49 Å². The quantitative estimate of drug-likeness (QED) is 0.496. The zero-order valence-corrected chi connectivity index (χ0v) is 11.7. The molecule has 1 rings (SSSR count). The maximum Gasteiger partial charge on any atom is 0.106 e. The highest BCUT2D eigenvalue weighted by molar-refractivity contribution is 7.99. The minimum atomic E-state index is 0.248. The van der Waals surface area contributed by atoms with E-state index in [0.717, 1.165) is 21.9 Å². The van der Waals surface area contributed by atoms with Crippen LogP contribution in [0.4, 0.5) is 11.4 Å². The summed E-state index contributed by atoms with van der Waals surface area (Å²) in [6, 6.07) is 5.47. The zero-order chi connectivity index (χ0) is 12.8. The van der Waals surface area contributed by atoms with Crippen molar-refractivity contribution in [3.8, 4) is 0 Å². The molecule has 0 aliphatic heterocycles. The molecule has 0 radical (unpaired) electrons. The number of nitrogen functional groups attached to an aromatic ring is 2. The van der Waals surface area contributed by atoms with Gasteiger partial charge in [-0.05, 0) is 31.2 Å². The molecule has 0 heterocycles. The van der Waals surface area contributed by atoms with Crippen LogP contribution in [0.25, 0.3) is 0 Å². The molecule has 0 aromatic heterocycles. The van der Waals surface area contributed by atoms with Crippen molar-refractivity contribution in [1.82, 2.24) is 0 Å². The minimum Gasteiger partial charge on any atom is -0.399 e. The van der Waals surface area contributed by atoms with Crippen molar-refractivity contribution >= 4 is 46.3 Å². The van der Waals surface area contributed by atoms with Gasteiger partial charge in [-0.25, -0.2) is 0 Å². The van der Waals surface area contributed by atoms with Gasteiger partial charge in [0.15, 0.2) is 0 Å². The molecule has 4 N–H and O–H groups in total. The smallest absolute Gasteiger partial charge is 0.106 e. The molecule has 0 unspecified atom stereocenters. The normalized spacial score (nSPS) is 11.4. The van der Waals surface area contributed by atoms with Crippen molar-refractivity contribution in [2.24, 2.45) is 0 Å². The van der Waals surface area contributed by atoms with Crippen LogP contribution in [0.2, 0.25) is 0 Å². The Labute approximate surface area is 116 Å². The molecule has 0 saturated heterocycles. The lowest BCUT2D eigenvalue weighted by molar-refractivity contribution is 1.39. The van der Waals surface area contributed by atoms with E-state index in [1.807, 2.05) is 25.1 Å². The molecule has 5 heteroatoms. The summed E-state index contributed by atoms with van der Waals surface area (Å²) in [5, 5.41) is 0. The first-order valence-electron chi connectivity index (χ1n) is 4.95. The first-order valence-corrected chi connectivity index (χ1v) is 6.69. The Kier molecular flexibility index (Phi) is 5.75. The van der Waals surface area contributed by atoms with E-state index < -0.39 is 0 Å². The van der Waals surface area contributed by atoms with Gasteiger partial charge in [-0.1, -0.05) is 34.9 Å². The fourth-order valence-electron chi connectivity index (χ4n) is 1.12. The number of hydrogen-bond acceptors (Lipinski definition) is 3. The van der Waals surface area contributed by atoms with Crippen molar-refractivity contribution in [3.63, 3.8) is 0 Å². The topological polar surface area (TPSA) is 52.0 Å². The second kappa shape index (κ2) is 6.84. The van der Waals surface area contributed by atoms with Crippen molar-refractivity contribution in [3.05, 3.63) is 40.4 Å². The third-order valence-corrected chi connectivity index (χ3v) is 3.50. The van der Waals surface area contributed by atoms with Gasteiger partial charge in [-0.3, -0.25) is 0 Å². The van der Waals surface area contributed by atoms with Gasteiger partial charge in [-0.15, -0.1) is 11.8 Å². The molecule has 1 aromatic carbocycles. The number of allylic oxidation sites excluding steroid dienone is 2. The molecule has 0 amide bonds. The predicted molar refractivity (Wildman–Crippen MR) is 79.5 cm³/mol. The van der Waals surface area contributed by atoms with Gasteiger partial charge in [0.2, 0.25) is 0 Å². The predicted octanol–water partition coefficient (Wildman–Crippen LogP) is 4.21. The molecule has 92 valence electrons. The van der Waals surface area contributed by atoms with Crippen LogP contribution in [0.1, 0.15) is 6.92 Å². The van der Waals surface area contributed by atoms with Crippen LogP contribution in [-0.4, -0.2) is 5.75 Å². The average molecular weight is 289 g/mol. The van der Waals surface area contributed by atoms with Crippen LogP contribution in [0.15, 0.2) is 45.3 Å². The number of rotatable bonds is 4. The number of thioether (sulfide) groups is 1. The third-order valence-electron chi connectivity index (χ3n) is 1.99. The van der Waals surface area contributed by atoms with E-state index in [9.17, 15) is 0 Å². The molecule has 0 aliphatic rings. The molecular weight excluding hydrogens is 275 g/mol. The molecule has 17 heavy (non-hydrogen) atoms. The Balaban J connectivity index is 2.64. The standard InChI is InChI=1S/C12H14Cl2N2S/c1-8(2-5-12(13)14)7-17-11-6-9(15)3-4-10(11)16/h2-6H,7,15-16H2,1H3/b8-2+. The van der Waals surface area contributed by atoms with Crippen molar-refractivity contribution < 1.29 is 0 Å². The van der Waals surface area contributed by atoms with E-state index in [0.29, 0.717) is 5.69 Å². The lowest BCUT2D eigenvalue weighted by Gasteiger charge is -2.06. The monoisotopic (exact) mass is 288 g/mol. The van der Waals surface area contributed by atoms with Crippen molar-refractivity contribution in [2.45, 2.75) is 11.8 Å². The Morgan fingerprint density at radius 2 is 2.00 bits per heavy atom. The SMILES string of the molecule is C/C(=C\C=C(Cl)Cl)CSc1cc(N)ccc1N. The lowest BCUT2D eigenvalue weighted by atomic mass is 10.3. The highest BCUT2D eigenvalue weighted by Crippen LogP contribution is 2.28. The summed E-state index contributed by atoms with van der Waals surface area (Å²) in [5.74, 6) is 0.811. The van der Waals surface area contributed by atoms with Crippen LogP contribution in [0.3, 0.4) is 0 Å². The van der Waals surface area contributed by atoms with Gasteiger partial charge in [-0.2, -0.15) is 0 Å². The molecule has 0 atom stereocenters. The summed E-state index contributed by atoms with van der Waals surface area (Å²) >= 11 is 12.7. The maximum absolute atomic E-state index is 5.85. The van der Waals surface area contributed by atoms with Crippen molar-refractivity contribution in [2.75, 3.05) is 17.2 Å². The van der Waals surface area contributed by atoms with E-state index in [1.165, 1.54) is 0 Å². The highest BCUT2D eigenvalue weighted by Gasteiger charge is 2.00. The Bertz CT molecular complexity index is 452. The van der Waals surface area contributed by atoms with Gasteiger partial charge in [0.05, 0.1) is 0 Å². The lowest BCUT2D eigenvalue weighted by Crippen LogP contribution is -1.92. The average Bonchev–Trinajstić information content (AvgIpc) is 2.27. The van der Waals surface area contributed by atoms with Crippen LogP contribution in [-0.2, 0) is 0 Å². The molecule has 0 bridgehead atoms. The minimum absolute atomic E-state index is 0.248. The molecule has 0 spiro atoms. The third kappa shape index (κ3) is 5.39. The summed E-state index contributed by atoms with van der Waals surface area (Å²) < 4.78 is 0.248. The van der Waals surface area contributed by atoms with E-state index in [4.69, 9.17) is 34.7 Å². The molecule has 0 fully saturated rings. The van der Waals surface area contributed by atoms with Crippen LogP contribution in [0.5, 0.6) is 0 Å². The maximum atomic E-state index is 5.85. The van der Waals surface area contributed by atoms with E-state index >= 15 is 0 Å². The van der Waals surface area contributed by atoms with Gasteiger partial charge in [0.1, 0.15) is 4.49 Å². The highest BCUT2D eigenvalue weighted by atomic mass is 35.5. The van der Waals surface area contributed by atoms with Crippen LogP contribution < -0.4 is 11.5 Å². The number of halogens is 2. The number of nitrogens with two attached hydrogens (primary N) is 2. The summed E-state index contributed by atoms with van der Waals surface area (Å²) in [6.45, 7) is 2.00. The summed E-state index contributed by atoms with van der Waals surface area (Å²) in [4.78, 5) is 0.985. The molecule has 1 aromatic rings. The van der Waals surface area contributed by atoms with E-state index in [2.05, 4.69) is 0 Å². The first kappa shape index (κ1) is 14.3. The fourth-order valence-corrected chi connectivity index (χ4v) is 2.18. The van der Waals surface area contributed by atoms with Crippen LogP contribution >= 0.6 is 35.0 Å². The van der Waals surface area contributed by atoms with E-state index in [1.54, 1.807) is 23.9 Å². The Morgan fingerprint density at radius 3 is 2.65 bits per heavy atom. The summed E-state index contributed by atoms with van der Waals surface area (Å²) in [5.41, 5.74) is 14.2. The zero-order valence-electron chi connectivity index (χ0n) is 9.41. The number of hydrogen-bond donors (Lipinski definition) is 2. The van der Waals surface area contributed by atoms with Crippen molar-refractivity contribution in [1.29, 1.82) is 0 Å². The molecular formula is C12H14Cl2N2S. The van der Waals surface area contributed by atoms with Gasteiger partial charge >= 0.3 is 0 Å². The van der Waals surface area contributed by atoms with Crippen LogP contribution in [0, 0.1) is 0 Å². The Hall–Kier alpha value is -0.770. The first-order chi connectivity index (χ1) is 7.99. The summed E-state index contributed by atoms with van der Waals surface area (Å²) in [7, 11) is 0. The largest absolute Gasteiger partial charge is 0.399 e. The molecule has 2 nitrogen and oxygen atoms in total.